The van der Waals surface area contributed by atoms with E-state index in [1.807, 2.05) is 23.6 Å². The Morgan fingerprint density at radius 1 is 1.44 bits per heavy atom. The minimum atomic E-state index is 0.275. The maximum Gasteiger partial charge on any atom is 0.241 e. The predicted molar refractivity (Wildman–Crippen MR) is 75.0 cm³/mol. The Morgan fingerprint density at radius 3 is 3.06 bits per heavy atom. The third kappa shape index (κ3) is 1.75. The number of hydrogen-bond donors (Lipinski definition) is 1. The third-order valence-corrected chi connectivity index (χ3v) is 3.84. The molecule has 2 N–H and O–H groups in total. The number of hydrogen-bond acceptors (Lipinski definition) is 5. The van der Waals surface area contributed by atoms with Crippen LogP contribution in [0, 0.1) is 0 Å². The second-order valence-electron chi connectivity index (χ2n) is 3.63. The molecule has 5 nitrogen and oxygen atoms in total. The normalized spacial score (nSPS) is 11.0. The van der Waals surface area contributed by atoms with Gasteiger partial charge in [-0.25, -0.2) is 4.52 Å². The summed E-state index contributed by atoms with van der Waals surface area (Å²) in [6.45, 7) is 0. The van der Waals surface area contributed by atoms with Crippen molar-refractivity contribution in [3.8, 4) is 17.0 Å². The van der Waals surface area contributed by atoms with Gasteiger partial charge in [-0.1, -0.05) is 15.9 Å². The number of anilines is 1. The maximum atomic E-state index is 5.61. The van der Waals surface area contributed by atoms with Crippen molar-refractivity contribution in [2.24, 2.45) is 0 Å². The number of fused-ring (bicyclic) bond motifs is 1. The van der Waals surface area contributed by atoms with Crippen molar-refractivity contribution in [1.82, 2.24) is 14.6 Å². The first kappa shape index (κ1) is 11.5. The van der Waals surface area contributed by atoms with E-state index < -0.39 is 0 Å². The fourth-order valence-electron chi connectivity index (χ4n) is 1.76. The van der Waals surface area contributed by atoms with E-state index in [0.29, 0.717) is 0 Å². The van der Waals surface area contributed by atoms with Gasteiger partial charge < -0.3 is 10.5 Å². The van der Waals surface area contributed by atoms with Crippen LogP contribution in [0.1, 0.15) is 0 Å². The summed E-state index contributed by atoms with van der Waals surface area (Å²) in [6.07, 6.45) is 0. The standard InChI is InChI=1S/C11H9BrN4OS/c1-17-9-3-2-6(12)4-7(9)8-5-18-11-14-10(13)15-16(8)11/h2-5H,1H3,(H2,13,15). The van der Waals surface area contributed by atoms with Crippen molar-refractivity contribution in [2.75, 3.05) is 12.8 Å². The molecule has 0 aliphatic rings. The van der Waals surface area contributed by atoms with E-state index in [1.165, 1.54) is 11.3 Å². The molecule has 92 valence electrons. The summed E-state index contributed by atoms with van der Waals surface area (Å²) in [6, 6.07) is 5.82. The van der Waals surface area contributed by atoms with Gasteiger partial charge in [0.15, 0.2) is 0 Å². The molecular formula is C11H9BrN4OS. The van der Waals surface area contributed by atoms with Crippen LogP contribution in [0.5, 0.6) is 5.75 Å². The summed E-state index contributed by atoms with van der Waals surface area (Å²) in [4.78, 5) is 4.90. The number of rotatable bonds is 2. The molecular weight excluding hydrogens is 316 g/mol. The largest absolute Gasteiger partial charge is 0.496 e. The Kier molecular flexibility index (Phi) is 2.71. The number of benzene rings is 1. The molecule has 0 aliphatic carbocycles. The first-order valence-electron chi connectivity index (χ1n) is 5.12. The van der Waals surface area contributed by atoms with Crippen LogP contribution in [-0.2, 0) is 0 Å². The molecule has 0 atom stereocenters. The minimum Gasteiger partial charge on any atom is -0.496 e. The van der Waals surface area contributed by atoms with Gasteiger partial charge in [0, 0.05) is 15.4 Å². The lowest BCUT2D eigenvalue weighted by Crippen LogP contribution is -1.94. The van der Waals surface area contributed by atoms with Gasteiger partial charge in [0.25, 0.3) is 0 Å². The Morgan fingerprint density at radius 2 is 2.28 bits per heavy atom. The molecule has 3 aromatic rings. The zero-order chi connectivity index (χ0) is 12.7. The third-order valence-electron chi connectivity index (χ3n) is 2.54. The van der Waals surface area contributed by atoms with Gasteiger partial charge in [-0.3, -0.25) is 0 Å². The van der Waals surface area contributed by atoms with E-state index in [-0.39, 0.29) is 5.95 Å². The quantitative estimate of drug-likeness (QED) is 0.787. The molecule has 0 bridgehead atoms. The fraction of sp³-hybridized carbons (Fsp3) is 0.0909. The smallest absolute Gasteiger partial charge is 0.241 e. The highest BCUT2D eigenvalue weighted by Crippen LogP contribution is 2.34. The molecule has 2 heterocycles. The van der Waals surface area contributed by atoms with Gasteiger partial charge in [-0.15, -0.1) is 16.4 Å². The van der Waals surface area contributed by atoms with Crippen LogP contribution < -0.4 is 10.5 Å². The maximum absolute atomic E-state index is 5.61. The first-order valence-corrected chi connectivity index (χ1v) is 6.80. The van der Waals surface area contributed by atoms with Crippen LogP contribution in [0.2, 0.25) is 0 Å². The van der Waals surface area contributed by atoms with Crippen LogP contribution in [-0.4, -0.2) is 21.7 Å². The molecule has 18 heavy (non-hydrogen) atoms. The summed E-state index contributed by atoms with van der Waals surface area (Å²) >= 11 is 4.95. The first-order chi connectivity index (χ1) is 8.69. The molecule has 2 aromatic heterocycles. The molecule has 0 saturated carbocycles. The summed E-state index contributed by atoms with van der Waals surface area (Å²) in [5, 5.41) is 6.16. The zero-order valence-corrected chi connectivity index (χ0v) is 11.8. The van der Waals surface area contributed by atoms with E-state index in [9.17, 15) is 0 Å². The second kappa shape index (κ2) is 4.25. The number of thiazole rings is 1. The van der Waals surface area contributed by atoms with E-state index in [1.54, 1.807) is 11.6 Å². The number of nitrogen functional groups attached to an aromatic ring is 1. The number of methoxy groups -OCH3 is 1. The van der Waals surface area contributed by atoms with Gasteiger partial charge in [-0.2, -0.15) is 4.98 Å². The molecule has 7 heteroatoms. The average Bonchev–Trinajstić information content (AvgIpc) is 2.87. The van der Waals surface area contributed by atoms with Gasteiger partial charge in [-0.05, 0) is 18.2 Å². The van der Waals surface area contributed by atoms with E-state index in [4.69, 9.17) is 10.5 Å². The predicted octanol–water partition coefficient (Wildman–Crippen LogP) is 2.81. The van der Waals surface area contributed by atoms with Crippen molar-refractivity contribution in [3.05, 3.63) is 28.1 Å². The molecule has 0 amide bonds. The summed E-state index contributed by atoms with van der Waals surface area (Å²) in [5.41, 5.74) is 7.47. The molecule has 0 spiro atoms. The van der Waals surface area contributed by atoms with Crippen LogP contribution in [0.4, 0.5) is 5.95 Å². The summed E-state index contributed by atoms with van der Waals surface area (Å²) in [7, 11) is 1.64. The van der Waals surface area contributed by atoms with Gasteiger partial charge in [0.05, 0.1) is 12.8 Å². The Hall–Kier alpha value is -1.60. The molecule has 0 saturated heterocycles. The number of nitrogens with two attached hydrogens (primary N) is 1. The monoisotopic (exact) mass is 324 g/mol. The molecule has 3 rings (SSSR count). The number of ether oxygens (including phenoxy) is 1. The van der Waals surface area contributed by atoms with Crippen molar-refractivity contribution in [1.29, 1.82) is 0 Å². The van der Waals surface area contributed by atoms with Crippen LogP contribution in [0.25, 0.3) is 16.2 Å². The zero-order valence-electron chi connectivity index (χ0n) is 9.42. The highest BCUT2D eigenvalue weighted by molar-refractivity contribution is 9.10. The molecule has 0 aliphatic heterocycles. The Labute approximate surface area is 115 Å². The van der Waals surface area contributed by atoms with Gasteiger partial charge >= 0.3 is 0 Å². The fourth-order valence-corrected chi connectivity index (χ4v) is 2.95. The summed E-state index contributed by atoms with van der Waals surface area (Å²) in [5.74, 6) is 1.06. The minimum absolute atomic E-state index is 0.275. The lowest BCUT2D eigenvalue weighted by Gasteiger charge is -2.07. The van der Waals surface area contributed by atoms with E-state index >= 15 is 0 Å². The second-order valence-corrected chi connectivity index (χ2v) is 5.38. The van der Waals surface area contributed by atoms with Crippen molar-refractivity contribution in [3.63, 3.8) is 0 Å². The lowest BCUT2D eigenvalue weighted by molar-refractivity contribution is 0.416. The molecule has 1 aromatic carbocycles. The lowest BCUT2D eigenvalue weighted by atomic mass is 10.1. The topological polar surface area (TPSA) is 65.4 Å². The highest BCUT2D eigenvalue weighted by atomic mass is 79.9. The van der Waals surface area contributed by atoms with E-state index in [2.05, 4.69) is 26.0 Å². The SMILES string of the molecule is COc1ccc(Br)cc1-c1csc2nc(N)nn12. The molecule has 0 radical (unpaired) electrons. The van der Waals surface area contributed by atoms with Crippen molar-refractivity contribution >= 4 is 38.2 Å². The van der Waals surface area contributed by atoms with Crippen molar-refractivity contribution < 1.29 is 4.74 Å². The van der Waals surface area contributed by atoms with Gasteiger partial charge in [0.2, 0.25) is 10.9 Å². The number of nitrogens with zero attached hydrogens (tertiary/aromatic N) is 3. The Balaban J connectivity index is 2.27. The average molecular weight is 325 g/mol. The van der Waals surface area contributed by atoms with Crippen LogP contribution >= 0.6 is 27.3 Å². The number of halogens is 1. The molecule has 0 unspecified atom stereocenters. The summed E-state index contributed by atoms with van der Waals surface area (Å²) < 4.78 is 8.07. The van der Waals surface area contributed by atoms with Crippen LogP contribution in [0.15, 0.2) is 28.1 Å². The van der Waals surface area contributed by atoms with Crippen molar-refractivity contribution in [2.45, 2.75) is 0 Å². The number of aromatic nitrogens is 3. The highest BCUT2D eigenvalue weighted by Gasteiger charge is 2.14. The van der Waals surface area contributed by atoms with Crippen LogP contribution in [0.3, 0.4) is 0 Å². The Bertz CT molecular complexity index is 721. The molecule has 0 fully saturated rings. The van der Waals surface area contributed by atoms with Gasteiger partial charge in [0.1, 0.15) is 5.75 Å². The van der Waals surface area contributed by atoms with E-state index in [0.717, 1.165) is 26.4 Å².